The number of hydrogen-bond donors (Lipinski definition) is 1. The molecule has 0 aromatic carbocycles. The van der Waals surface area contributed by atoms with Crippen LogP contribution in [0.2, 0.25) is 0 Å². The predicted octanol–water partition coefficient (Wildman–Crippen LogP) is 0.634. The molecule has 0 radical (unpaired) electrons. The van der Waals surface area contributed by atoms with Crippen molar-refractivity contribution in [3.63, 3.8) is 0 Å². The lowest BCUT2D eigenvalue weighted by molar-refractivity contribution is 0.168. The smallest absolute Gasteiger partial charge is 0.0625 e. The summed E-state index contributed by atoms with van der Waals surface area (Å²) in [7, 11) is 1.68. The van der Waals surface area contributed by atoms with Gasteiger partial charge in [-0.1, -0.05) is 6.92 Å². The third-order valence-corrected chi connectivity index (χ3v) is 1.22. The summed E-state index contributed by atoms with van der Waals surface area (Å²) in [6, 6.07) is 0.319. The number of methoxy groups -OCH3 is 1. The number of likely N-dealkylation sites (N-methyl/N-ethyl adjacent to an activating group) is 1. The highest BCUT2D eigenvalue weighted by atomic mass is 16.5. The fourth-order valence-corrected chi connectivity index (χ4v) is 0.822. The standard InChI is InChI=1S/C8H15NO/c1-4-6-8(7-10-3)9-5-2/h1,8-9H,5-7H2,2-3H3. The van der Waals surface area contributed by atoms with Crippen LogP contribution in [0.4, 0.5) is 0 Å². The summed E-state index contributed by atoms with van der Waals surface area (Å²) in [6.07, 6.45) is 5.88. The molecule has 2 nitrogen and oxygen atoms in total. The molecule has 0 fully saturated rings. The maximum Gasteiger partial charge on any atom is 0.0625 e. The first-order chi connectivity index (χ1) is 4.85. The third-order valence-electron chi connectivity index (χ3n) is 1.22. The molecule has 0 aliphatic carbocycles. The van der Waals surface area contributed by atoms with E-state index in [2.05, 4.69) is 18.2 Å². The second kappa shape index (κ2) is 6.60. The molecule has 1 atom stereocenters. The van der Waals surface area contributed by atoms with Gasteiger partial charge in [0.05, 0.1) is 6.61 Å². The van der Waals surface area contributed by atoms with Gasteiger partial charge >= 0.3 is 0 Å². The van der Waals surface area contributed by atoms with Crippen LogP contribution in [-0.4, -0.2) is 26.3 Å². The van der Waals surface area contributed by atoms with Crippen molar-refractivity contribution in [3.05, 3.63) is 0 Å². The van der Waals surface area contributed by atoms with Crippen LogP contribution in [0.1, 0.15) is 13.3 Å². The van der Waals surface area contributed by atoms with E-state index in [-0.39, 0.29) is 0 Å². The lowest BCUT2D eigenvalue weighted by atomic mass is 10.2. The second-order valence-corrected chi connectivity index (χ2v) is 2.12. The molecule has 0 rings (SSSR count). The van der Waals surface area contributed by atoms with Crippen molar-refractivity contribution < 1.29 is 4.74 Å². The van der Waals surface area contributed by atoms with E-state index in [0.717, 1.165) is 13.0 Å². The maximum atomic E-state index is 5.14. The summed E-state index contributed by atoms with van der Waals surface area (Å²) >= 11 is 0. The molecule has 0 spiro atoms. The van der Waals surface area contributed by atoms with Crippen molar-refractivity contribution >= 4 is 0 Å². The molecule has 0 amide bonds. The zero-order valence-electron chi connectivity index (χ0n) is 6.68. The van der Waals surface area contributed by atoms with Crippen LogP contribution in [0.3, 0.4) is 0 Å². The average molecular weight is 141 g/mol. The Hall–Kier alpha value is -0.520. The van der Waals surface area contributed by atoms with E-state index in [1.54, 1.807) is 7.11 Å². The molecule has 0 aliphatic heterocycles. The minimum atomic E-state index is 0.319. The summed E-state index contributed by atoms with van der Waals surface area (Å²) in [5.74, 6) is 2.59. The van der Waals surface area contributed by atoms with Gasteiger partial charge in [0.2, 0.25) is 0 Å². The minimum absolute atomic E-state index is 0.319. The van der Waals surface area contributed by atoms with Crippen molar-refractivity contribution in [1.82, 2.24) is 5.32 Å². The first-order valence-electron chi connectivity index (χ1n) is 3.50. The van der Waals surface area contributed by atoms with Crippen LogP contribution in [0, 0.1) is 12.3 Å². The van der Waals surface area contributed by atoms with E-state index in [9.17, 15) is 0 Å². The number of nitrogens with one attached hydrogen (secondary N) is 1. The van der Waals surface area contributed by atoms with Gasteiger partial charge in [0.25, 0.3) is 0 Å². The predicted molar refractivity (Wildman–Crippen MR) is 42.8 cm³/mol. The Labute approximate surface area is 63.0 Å². The Morgan fingerprint density at radius 2 is 2.40 bits per heavy atom. The van der Waals surface area contributed by atoms with Crippen molar-refractivity contribution in [2.45, 2.75) is 19.4 Å². The molecule has 1 unspecified atom stereocenters. The normalized spacial score (nSPS) is 12.5. The highest BCUT2D eigenvalue weighted by Crippen LogP contribution is 1.89. The van der Waals surface area contributed by atoms with Crippen molar-refractivity contribution in [1.29, 1.82) is 0 Å². The van der Waals surface area contributed by atoms with E-state index < -0.39 is 0 Å². The van der Waals surface area contributed by atoms with E-state index >= 15 is 0 Å². The number of ether oxygens (including phenoxy) is 1. The topological polar surface area (TPSA) is 21.3 Å². The largest absolute Gasteiger partial charge is 0.383 e. The van der Waals surface area contributed by atoms with E-state index in [1.807, 2.05) is 0 Å². The molecule has 1 N–H and O–H groups in total. The van der Waals surface area contributed by atoms with E-state index in [0.29, 0.717) is 12.6 Å². The van der Waals surface area contributed by atoms with Crippen LogP contribution < -0.4 is 5.32 Å². The quantitative estimate of drug-likeness (QED) is 0.567. The number of rotatable bonds is 5. The molecule has 0 heterocycles. The van der Waals surface area contributed by atoms with Crippen LogP contribution in [0.15, 0.2) is 0 Å². The van der Waals surface area contributed by atoms with Crippen LogP contribution >= 0.6 is 0 Å². The molecule has 58 valence electrons. The van der Waals surface area contributed by atoms with Gasteiger partial charge in [0.1, 0.15) is 0 Å². The molecular weight excluding hydrogens is 126 g/mol. The Balaban J connectivity index is 3.42. The highest BCUT2D eigenvalue weighted by Gasteiger charge is 2.02. The maximum absolute atomic E-state index is 5.14. The molecule has 0 bridgehead atoms. The van der Waals surface area contributed by atoms with Gasteiger partial charge in [0.15, 0.2) is 0 Å². The van der Waals surface area contributed by atoms with Crippen molar-refractivity contribution in [3.8, 4) is 12.3 Å². The lowest BCUT2D eigenvalue weighted by Gasteiger charge is -2.12. The Bertz CT molecular complexity index is 100. The monoisotopic (exact) mass is 141 g/mol. The Morgan fingerprint density at radius 1 is 1.70 bits per heavy atom. The van der Waals surface area contributed by atoms with Gasteiger partial charge in [-0.05, 0) is 6.54 Å². The van der Waals surface area contributed by atoms with Gasteiger partial charge in [-0.15, -0.1) is 12.3 Å². The minimum Gasteiger partial charge on any atom is -0.383 e. The molecule has 0 saturated carbocycles. The van der Waals surface area contributed by atoms with Gasteiger partial charge in [0, 0.05) is 19.6 Å². The van der Waals surface area contributed by atoms with Gasteiger partial charge in [-0.25, -0.2) is 0 Å². The first-order valence-corrected chi connectivity index (χ1v) is 3.50. The zero-order valence-corrected chi connectivity index (χ0v) is 6.68. The molecule has 10 heavy (non-hydrogen) atoms. The summed E-state index contributed by atoms with van der Waals surface area (Å²) in [5, 5.41) is 3.22. The molecule has 0 aromatic heterocycles. The molecule has 0 aromatic rings. The zero-order chi connectivity index (χ0) is 7.82. The fourth-order valence-electron chi connectivity index (χ4n) is 0.822. The third kappa shape index (κ3) is 4.37. The molecule has 0 saturated heterocycles. The van der Waals surface area contributed by atoms with Crippen LogP contribution in [0.25, 0.3) is 0 Å². The fraction of sp³-hybridized carbons (Fsp3) is 0.750. The SMILES string of the molecule is C#CCC(COC)NCC. The summed E-state index contributed by atoms with van der Waals surface area (Å²) in [4.78, 5) is 0. The first kappa shape index (κ1) is 9.48. The van der Waals surface area contributed by atoms with E-state index in [4.69, 9.17) is 11.2 Å². The Morgan fingerprint density at radius 3 is 2.80 bits per heavy atom. The van der Waals surface area contributed by atoms with Gasteiger partial charge in [-0.3, -0.25) is 0 Å². The molecule has 0 aliphatic rings. The molecular formula is C8H15NO. The van der Waals surface area contributed by atoms with Crippen molar-refractivity contribution in [2.24, 2.45) is 0 Å². The number of terminal acetylenes is 1. The Kier molecular flexibility index (Phi) is 6.25. The van der Waals surface area contributed by atoms with Crippen molar-refractivity contribution in [2.75, 3.05) is 20.3 Å². The van der Waals surface area contributed by atoms with Crippen LogP contribution in [-0.2, 0) is 4.74 Å². The summed E-state index contributed by atoms with van der Waals surface area (Å²) < 4.78 is 4.95. The summed E-state index contributed by atoms with van der Waals surface area (Å²) in [5.41, 5.74) is 0. The summed E-state index contributed by atoms with van der Waals surface area (Å²) in [6.45, 7) is 3.69. The van der Waals surface area contributed by atoms with Gasteiger partial charge in [-0.2, -0.15) is 0 Å². The van der Waals surface area contributed by atoms with Gasteiger partial charge < -0.3 is 10.1 Å². The van der Waals surface area contributed by atoms with E-state index in [1.165, 1.54) is 0 Å². The molecule has 2 heteroatoms. The number of hydrogen-bond acceptors (Lipinski definition) is 2. The van der Waals surface area contributed by atoms with Crippen LogP contribution in [0.5, 0.6) is 0 Å². The lowest BCUT2D eigenvalue weighted by Crippen LogP contribution is -2.32. The highest BCUT2D eigenvalue weighted by molar-refractivity contribution is 4.89. The average Bonchev–Trinajstić information content (AvgIpc) is 1.90. The second-order valence-electron chi connectivity index (χ2n) is 2.12.